The lowest BCUT2D eigenvalue weighted by Gasteiger charge is -2.37. The molecular formula is C5F8. The molecule has 1 rings (SSSR count). The van der Waals surface area contributed by atoms with Crippen molar-refractivity contribution in [3.63, 3.8) is 0 Å². The summed E-state index contributed by atoms with van der Waals surface area (Å²) in [5.74, 6) is -13.9. The van der Waals surface area contributed by atoms with Crippen molar-refractivity contribution in [2.24, 2.45) is 0 Å². The van der Waals surface area contributed by atoms with Crippen molar-refractivity contribution in [1.82, 2.24) is 0 Å². The Hall–Kier alpha value is -0.820. The molecule has 0 heterocycles. The minimum Gasteiger partial charge on any atom is -0.204 e. The highest BCUT2D eigenvalue weighted by Gasteiger charge is 2.78. The first-order valence-corrected chi connectivity index (χ1v) is 2.76. The summed E-state index contributed by atoms with van der Waals surface area (Å²) >= 11 is 0. The molecule has 0 aromatic rings. The van der Waals surface area contributed by atoms with Gasteiger partial charge >= 0.3 is 18.0 Å². The summed E-state index contributed by atoms with van der Waals surface area (Å²) in [6.07, 6.45) is -5.77. The Morgan fingerprint density at radius 1 is 0.846 bits per heavy atom. The van der Waals surface area contributed by atoms with E-state index in [1.54, 1.807) is 0 Å². The summed E-state index contributed by atoms with van der Waals surface area (Å²) in [6, 6.07) is 0. The third-order valence-electron chi connectivity index (χ3n) is 1.49. The van der Waals surface area contributed by atoms with Crippen molar-refractivity contribution >= 4 is 0 Å². The van der Waals surface area contributed by atoms with Gasteiger partial charge in [0.05, 0.1) is 0 Å². The lowest BCUT2D eigenvalue weighted by molar-refractivity contribution is -0.245. The van der Waals surface area contributed by atoms with E-state index >= 15 is 0 Å². The quantitative estimate of drug-likeness (QED) is 0.541. The third kappa shape index (κ3) is 1.03. The fourth-order valence-corrected chi connectivity index (χ4v) is 0.830. The highest BCUT2D eigenvalue weighted by atomic mass is 19.4. The van der Waals surface area contributed by atoms with E-state index in [-0.39, 0.29) is 0 Å². The van der Waals surface area contributed by atoms with Gasteiger partial charge in [-0.1, -0.05) is 0 Å². The van der Waals surface area contributed by atoms with Crippen molar-refractivity contribution in [2.75, 3.05) is 0 Å². The number of hydrogen-bond donors (Lipinski definition) is 0. The molecule has 0 aromatic heterocycles. The van der Waals surface area contributed by atoms with Crippen molar-refractivity contribution in [1.29, 1.82) is 0 Å². The average molecular weight is 212 g/mol. The lowest BCUT2D eigenvalue weighted by Crippen LogP contribution is -2.56. The number of hydrogen-bond acceptors (Lipinski definition) is 0. The van der Waals surface area contributed by atoms with Gasteiger partial charge in [0.15, 0.2) is 5.83 Å². The van der Waals surface area contributed by atoms with Crippen molar-refractivity contribution in [3.05, 3.63) is 11.4 Å². The lowest BCUT2D eigenvalue weighted by atomic mass is 9.87. The monoisotopic (exact) mass is 212 g/mol. The first kappa shape index (κ1) is 10.3. The third-order valence-corrected chi connectivity index (χ3v) is 1.49. The normalized spacial score (nSPS) is 25.8. The summed E-state index contributed by atoms with van der Waals surface area (Å²) in [4.78, 5) is 0. The fraction of sp³-hybridized carbons (Fsp3) is 0.600. The maximum atomic E-state index is 12.0. The molecule has 8 heteroatoms. The van der Waals surface area contributed by atoms with Crippen LogP contribution in [0, 0.1) is 0 Å². The van der Waals surface area contributed by atoms with Gasteiger partial charge in [-0.15, -0.1) is 0 Å². The van der Waals surface area contributed by atoms with Crippen LogP contribution in [-0.2, 0) is 0 Å². The van der Waals surface area contributed by atoms with E-state index in [0.29, 0.717) is 0 Å². The fourth-order valence-electron chi connectivity index (χ4n) is 0.830. The standard InChI is InChI=1S/C5F8/c6-2-1(5(11,12)13)3(7,8)4(2,9)10. The summed E-state index contributed by atoms with van der Waals surface area (Å²) in [6.45, 7) is 0. The van der Waals surface area contributed by atoms with E-state index in [4.69, 9.17) is 0 Å². The van der Waals surface area contributed by atoms with E-state index in [1.165, 1.54) is 0 Å². The molecule has 0 aromatic carbocycles. The maximum absolute atomic E-state index is 12.0. The van der Waals surface area contributed by atoms with Crippen LogP contribution in [0.25, 0.3) is 0 Å². The van der Waals surface area contributed by atoms with Crippen molar-refractivity contribution in [3.8, 4) is 0 Å². The molecule has 0 saturated carbocycles. The maximum Gasteiger partial charge on any atom is 0.421 e. The van der Waals surface area contributed by atoms with E-state index < -0.39 is 29.4 Å². The van der Waals surface area contributed by atoms with Crippen LogP contribution in [-0.4, -0.2) is 18.0 Å². The van der Waals surface area contributed by atoms with Crippen LogP contribution in [0.4, 0.5) is 35.1 Å². The van der Waals surface area contributed by atoms with Gasteiger partial charge in [0.2, 0.25) is 0 Å². The number of allylic oxidation sites excluding steroid dienone is 2. The van der Waals surface area contributed by atoms with Crippen LogP contribution in [0.5, 0.6) is 0 Å². The summed E-state index contributed by atoms with van der Waals surface area (Å²) < 4.78 is 93.8. The minimum atomic E-state index is -5.77. The van der Waals surface area contributed by atoms with Crippen LogP contribution in [0.2, 0.25) is 0 Å². The zero-order chi connectivity index (χ0) is 10.7. The van der Waals surface area contributed by atoms with Crippen LogP contribution >= 0.6 is 0 Å². The number of rotatable bonds is 0. The Kier molecular flexibility index (Phi) is 1.70. The van der Waals surface area contributed by atoms with Gasteiger partial charge < -0.3 is 0 Å². The molecule has 1 aliphatic rings. The first-order chi connectivity index (χ1) is 5.53. The molecule has 0 unspecified atom stereocenters. The number of halogens is 8. The smallest absolute Gasteiger partial charge is 0.204 e. The number of alkyl halides is 7. The summed E-state index contributed by atoms with van der Waals surface area (Å²) in [5.41, 5.74) is -3.09. The Morgan fingerprint density at radius 3 is 1.38 bits per heavy atom. The average Bonchev–Trinajstić information content (AvgIpc) is 1.82. The second-order valence-electron chi connectivity index (χ2n) is 2.34. The molecule has 0 aliphatic heterocycles. The molecular weight excluding hydrogens is 212 g/mol. The van der Waals surface area contributed by atoms with E-state index in [9.17, 15) is 35.1 Å². The Morgan fingerprint density at radius 2 is 1.23 bits per heavy atom. The molecule has 0 radical (unpaired) electrons. The second kappa shape index (κ2) is 2.16. The predicted octanol–water partition coefficient (Wildman–Crippen LogP) is 3.06. The van der Waals surface area contributed by atoms with Gasteiger partial charge in [-0.2, -0.15) is 30.7 Å². The molecule has 1 aliphatic carbocycles. The van der Waals surface area contributed by atoms with Gasteiger partial charge in [-0.05, 0) is 0 Å². The molecule has 0 saturated heterocycles. The van der Waals surface area contributed by atoms with E-state index in [1.807, 2.05) is 0 Å². The molecule has 0 nitrogen and oxygen atoms in total. The Balaban J connectivity index is 3.23. The molecule has 76 valence electrons. The highest BCUT2D eigenvalue weighted by molar-refractivity contribution is 5.42. The van der Waals surface area contributed by atoms with Crippen LogP contribution < -0.4 is 0 Å². The SMILES string of the molecule is FC1=C(C(F)(F)F)C(F)(F)C1(F)F. The topological polar surface area (TPSA) is 0 Å². The largest absolute Gasteiger partial charge is 0.421 e. The van der Waals surface area contributed by atoms with Crippen LogP contribution in [0.15, 0.2) is 11.4 Å². The van der Waals surface area contributed by atoms with Crippen molar-refractivity contribution in [2.45, 2.75) is 18.0 Å². The zero-order valence-corrected chi connectivity index (χ0v) is 5.52. The highest BCUT2D eigenvalue weighted by Crippen LogP contribution is 2.60. The molecule has 0 amide bonds. The molecule has 0 bridgehead atoms. The summed E-state index contributed by atoms with van der Waals surface area (Å²) in [5, 5.41) is 0. The molecule has 13 heavy (non-hydrogen) atoms. The van der Waals surface area contributed by atoms with Crippen molar-refractivity contribution < 1.29 is 35.1 Å². The van der Waals surface area contributed by atoms with Gasteiger partial charge in [-0.3, -0.25) is 0 Å². The molecule has 0 fully saturated rings. The van der Waals surface area contributed by atoms with E-state index in [2.05, 4.69) is 0 Å². The van der Waals surface area contributed by atoms with Crippen LogP contribution in [0.3, 0.4) is 0 Å². The second-order valence-corrected chi connectivity index (χ2v) is 2.34. The Bertz CT molecular complexity index is 269. The van der Waals surface area contributed by atoms with Gasteiger partial charge in [0.25, 0.3) is 0 Å². The zero-order valence-electron chi connectivity index (χ0n) is 5.52. The van der Waals surface area contributed by atoms with Gasteiger partial charge in [0.1, 0.15) is 5.57 Å². The Labute approximate surface area is 65.8 Å². The molecule has 0 atom stereocenters. The van der Waals surface area contributed by atoms with Crippen LogP contribution in [0.1, 0.15) is 0 Å². The van der Waals surface area contributed by atoms with Gasteiger partial charge in [0, 0.05) is 0 Å². The van der Waals surface area contributed by atoms with E-state index in [0.717, 1.165) is 0 Å². The first-order valence-electron chi connectivity index (χ1n) is 2.76. The molecule has 0 N–H and O–H groups in total. The summed E-state index contributed by atoms with van der Waals surface area (Å²) in [7, 11) is 0. The predicted molar refractivity (Wildman–Crippen MR) is 24.1 cm³/mol. The molecule has 0 spiro atoms. The van der Waals surface area contributed by atoms with Gasteiger partial charge in [-0.25, -0.2) is 4.39 Å². The minimum absolute atomic E-state index is 3.09.